The number of hydrogen-bond donors (Lipinski definition) is 1. The SMILES string of the molecule is CNc1ccc(C(C)(C)c2ccc(CC(=O)C(F)(F)c3cccc(C(F)(F)C(C)=O)c3)cc2)cc1. The lowest BCUT2D eigenvalue weighted by Crippen LogP contribution is -2.29. The first-order chi connectivity index (χ1) is 16.3. The molecule has 0 saturated heterocycles. The van der Waals surface area contributed by atoms with Crippen molar-refractivity contribution in [2.45, 2.75) is 44.5 Å². The van der Waals surface area contributed by atoms with Crippen LogP contribution in [0.1, 0.15) is 48.6 Å². The largest absolute Gasteiger partial charge is 0.388 e. The van der Waals surface area contributed by atoms with Gasteiger partial charge in [0, 0.05) is 42.6 Å². The Morgan fingerprint density at radius 3 is 1.71 bits per heavy atom. The third-order valence-corrected chi connectivity index (χ3v) is 6.32. The summed E-state index contributed by atoms with van der Waals surface area (Å²) in [4.78, 5) is 23.7. The van der Waals surface area contributed by atoms with Gasteiger partial charge in [-0.15, -0.1) is 0 Å². The molecule has 35 heavy (non-hydrogen) atoms. The van der Waals surface area contributed by atoms with E-state index in [1.165, 1.54) is 0 Å². The number of benzene rings is 3. The quantitative estimate of drug-likeness (QED) is 0.346. The number of nitrogens with one attached hydrogen (secondary N) is 1. The summed E-state index contributed by atoms with van der Waals surface area (Å²) in [6.45, 7) is 4.76. The van der Waals surface area contributed by atoms with Crippen LogP contribution < -0.4 is 5.32 Å². The number of rotatable bonds is 9. The van der Waals surface area contributed by atoms with E-state index in [1.54, 1.807) is 24.3 Å². The van der Waals surface area contributed by atoms with Gasteiger partial charge in [0.2, 0.25) is 11.6 Å². The minimum Gasteiger partial charge on any atom is -0.388 e. The number of anilines is 1. The predicted molar refractivity (Wildman–Crippen MR) is 128 cm³/mol. The molecular weight excluding hydrogens is 458 g/mol. The van der Waals surface area contributed by atoms with Crippen LogP contribution in [0.5, 0.6) is 0 Å². The van der Waals surface area contributed by atoms with Gasteiger partial charge in [-0.05, 0) is 34.9 Å². The maximum Gasteiger partial charge on any atom is 0.330 e. The molecule has 0 amide bonds. The predicted octanol–water partition coefficient (Wildman–Crippen LogP) is 6.64. The lowest BCUT2D eigenvalue weighted by Gasteiger charge is -2.26. The van der Waals surface area contributed by atoms with Gasteiger partial charge >= 0.3 is 11.8 Å². The van der Waals surface area contributed by atoms with E-state index in [1.807, 2.05) is 45.2 Å². The van der Waals surface area contributed by atoms with E-state index in [-0.39, 0.29) is 5.41 Å². The van der Waals surface area contributed by atoms with Crippen molar-refractivity contribution in [3.8, 4) is 0 Å². The maximum atomic E-state index is 14.9. The van der Waals surface area contributed by atoms with Crippen molar-refractivity contribution in [1.29, 1.82) is 0 Å². The van der Waals surface area contributed by atoms with Gasteiger partial charge in [0.15, 0.2) is 0 Å². The molecule has 7 heteroatoms. The minimum atomic E-state index is -3.99. The molecule has 0 spiro atoms. The van der Waals surface area contributed by atoms with Gasteiger partial charge in [-0.3, -0.25) is 9.59 Å². The molecule has 3 nitrogen and oxygen atoms in total. The van der Waals surface area contributed by atoms with E-state index < -0.39 is 41.0 Å². The molecule has 0 aromatic heterocycles. The summed E-state index contributed by atoms with van der Waals surface area (Å²) in [7, 11) is 1.84. The number of carbonyl (C=O) groups is 2. The van der Waals surface area contributed by atoms with Crippen LogP contribution in [0.15, 0.2) is 72.8 Å². The minimum absolute atomic E-state index is 0.360. The van der Waals surface area contributed by atoms with Crippen LogP contribution in [0, 0.1) is 0 Å². The number of Topliss-reactive ketones (excluding diaryl/α,β-unsaturated/α-hetero) is 2. The second kappa shape index (κ2) is 9.64. The number of alkyl halides is 4. The van der Waals surface area contributed by atoms with Crippen molar-refractivity contribution >= 4 is 17.3 Å². The molecule has 184 valence electrons. The maximum absolute atomic E-state index is 14.9. The van der Waals surface area contributed by atoms with Crippen LogP contribution in [0.3, 0.4) is 0 Å². The summed E-state index contributed by atoms with van der Waals surface area (Å²) in [6.07, 6.45) is -0.572. The van der Waals surface area contributed by atoms with Gasteiger partial charge < -0.3 is 5.32 Å². The van der Waals surface area contributed by atoms with Gasteiger partial charge in [0.1, 0.15) is 0 Å². The number of carbonyl (C=O) groups excluding carboxylic acids is 2. The van der Waals surface area contributed by atoms with E-state index in [0.717, 1.165) is 35.0 Å². The van der Waals surface area contributed by atoms with Crippen molar-refractivity contribution in [2.75, 3.05) is 12.4 Å². The van der Waals surface area contributed by atoms with Crippen molar-refractivity contribution in [1.82, 2.24) is 0 Å². The first-order valence-electron chi connectivity index (χ1n) is 11.1. The standard InChI is InChI=1S/C28H27F4NO2/c1-18(34)27(29,30)22-6-5-7-23(17-22)28(31,32)25(35)16-19-8-10-20(11-9-19)26(2,3)21-12-14-24(33-4)15-13-21/h5-15,17,33H,16H2,1-4H3. The first kappa shape index (κ1) is 26.1. The van der Waals surface area contributed by atoms with Gasteiger partial charge in [-0.2, -0.15) is 17.6 Å². The summed E-state index contributed by atoms with van der Waals surface area (Å²) in [5.74, 6) is -10.8. The van der Waals surface area contributed by atoms with Crippen molar-refractivity contribution in [3.63, 3.8) is 0 Å². The highest BCUT2D eigenvalue weighted by atomic mass is 19.3. The van der Waals surface area contributed by atoms with E-state index >= 15 is 0 Å². The fourth-order valence-electron chi connectivity index (χ4n) is 3.83. The second-order valence-electron chi connectivity index (χ2n) is 9.04. The highest BCUT2D eigenvalue weighted by molar-refractivity contribution is 5.89. The molecule has 0 aliphatic carbocycles. The Hall–Kier alpha value is -3.48. The normalized spacial score (nSPS) is 12.3. The Balaban J connectivity index is 1.79. The lowest BCUT2D eigenvalue weighted by molar-refractivity contribution is -0.143. The average Bonchev–Trinajstić information content (AvgIpc) is 2.84. The third kappa shape index (κ3) is 5.29. The van der Waals surface area contributed by atoms with Crippen LogP contribution in [0.25, 0.3) is 0 Å². The third-order valence-electron chi connectivity index (χ3n) is 6.32. The molecule has 3 rings (SSSR count). The molecule has 0 bridgehead atoms. The molecule has 3 aromatic rings. The average molecular weight is 486 g/mol. The summed E-state index contributed by atoms with van der Waals surface area (Å²) in [6, 6.07) is 18.1. The van der Waals surface area contributed by atoms with Crippen molar-refractivity contribution in [2.24, 2.45) is 0 Å². The fraction of sp³-hybridized carbons (Fsp3) is 0.286. The first-order valence-corrected chi connectivity index (χ1v) is 11.1. The van der Waals surface area contributed by atoms with Crippen LogP contribution >= 0.6 is 0 Å². The van der Waals surface area contributed by atoms with E-state index in [2.05, 4.69) is 5.32 Å². The van der Waals surface area contributed by atoms with Gasteiger partial charge in [0.05, 0.1) is 0 Å². The van der Waals surface area contributed by atoms with Crippen LogP contribution in [-0.4, -0.2) is 18.6 Å². The monoisotopic (exact) mass is 485 g/mol. The Bertz CT molecular complexity index is 1220. The molecule has 0 saturated carbocycles. The van der Waals surface area contributed by atoms with Gasteiger partial charge in [-0.25, -0.2) is 0 Å². The molecule has 0 fully saturated rings. The van der Waals surface area contributed by atoms with Crippen LogP contribution in [0.2, 0.25) is 0 Å². The lowest BCUT2D eigenvalue weighted by atomic mass is 9.78. The van der Waals surface area contributed by atoms with E-state index in [0.29, 0.717) is 18.6 Å². The molecule has 1 N–H and O–H groups in total. The number of ketones is 2. The van der Waals surface area contributed by atoms with Crippen molar-refractivity contribution < 1.29 is 27.2 Å². The Morgan fingerprint density at radius 2 is 1.23 bits per heavy atom. The molecule has 0 radical (unpaired) electrons. The molecule has 0 heterocycles. The highest BCUT2D eigenvalue weighted by Crippen LogP contribution is 2.36. The summed E-state index contributed by atoms with van der Waals surface area (Å²) in [5.41, 5.74) is 1.26. The zero-order chi connectivity index (χ0) is 26.0. The molecule has 3 aromatic carbocycles. The number of halogens is 4. The molecular formula is C28H27F4NO2. The highest BCUT2D eigenvalue weighted by Gasteiger charge is 2.43. The summed E-state index contributed by atoms with van der Waals surface area (Å²) in [5, 5.41) is 3.06. The summed E-state index contributed by atoms with van der Waals surface area (Å²) >= 11 is 0. The second-order valence-corrected chi connectivity index (χ2v) is 9.04. The van der Waals surface area contributed by atoms with E-state index in [4.69, 9.17) is 0 Å². The Labute approximate surface area is 202 Å². The molecule has 0 aliphatic rings. The van der Waals surface area contributed by atoms with Crippen LogP contribution in [0.4, 0.5) is 23.2 Å². The molecule has 0 unspecified atom stereocenters. The fourth-order valence-corrected chi connectivity index (χ4v) is 3.83. The van der Waals surface area contributed by atoms with Gasteiger partial charge in [0.25, 0.3) is 0 Å². The molecule has 0 aliphatic heterocycles. The Morgan fingerprint density at radius 1 is 0.743 bits per heavy atom. The summed E-state index contributed by atoms with van der Waals surface area (Å²) < 4.78 is 57.8. The van der Waals surface area contributed by atoms with Gasteiger partial charge in [-0.1, -0.05) is 68.4 Å². The zero-order valence-electron chi connectivity index (χ0n) is 20.0. The Kier molecular flexibility index (Phi) is 7.20. The zero-order valence-corrected chi connectivity index (χ0v) is 20.0. The van der Waals surface area contributed by atoms with E-state index in [9.17, 15) is 27.2 Å². The van der Waals surface area contributed by atoms with Crippen LogP contribution in [-0.2, 0) is 33.3 Å². The van der Waals surface area contributed by atoms with Crippen molar-refractivity contribution in [3.05, 3.63) is 101 Å². The smallest absolute Gasteiger partial charge is 0.330 e. The number of hydrogen-bond acceptors (Lipinski definition) is 3. The topological polar surface area (TPSA) is 46.2 Å². The molecule has 0 atom stereocenters.